The van der Waals surface area contributed by atoms with Gasteiger partial charge in [0.1, 0.15) is 0 Å². The summed E-state index contributed by atoms with van der Waals surface area (Å²) in [5, 5.41) is 12.6. The van der Waals surface area contributed by atoms with E-state index in [1.54, 1.807) is 0 Å². The number of aromatic hydroxyl groups is 1. The van der Waals surface area contributed by atoms with Gasteiger partial charge in [-0.1, -0.05) is 24.4 Å². The monoisotopic (exact) mass is 265 g/mol. The van der Waals surface area contributed by atoms with E-state index in [0.29, 0.717) is 5.56 Å². The number of benzene rings is 1. The van der Waals surface area contributed by atoms with Crippen molar-refractivity contribution in [3.05, 3.63) is 29.6 Å². The second-order valence-electron chi connectivity index (χ2n) is 4.69. The quantitative estimate of drug-likeness (QED) is 0.519. The summed E-state index contributed by atoms with van der Waals surface area (Å²) < 4.78 is 13.0. The van der Waals surface area contributed by atoms with Crippen LogP contribution in [0.15, 0.2) is 23.4 Å². The highest BCUT2D eigenvalue weighted by Crippen LogP contribution is 2.24. The van der Waals surface area contributed by atoms with Gasteiger partial charge in [0.15, 0.2) is 11.6 Å². The Bertz CT molecular complexity index is 482. The average molecular weight is 265 g/mol. The number of carbonyl (C=O) groups is 1. The van der Waals surface area contributed by atoms with E-state index in [4.69, 9.17) is 9.94 Å². The Morgan fingerprint density at radius 1 is 1.37 bits per heavy atom. The first-order chi connectivity index (χ1) is 9.16. The predicted molar refractivity (Wildman–Crippen MR) is 68.3 cm³/mol. The minimum Gasteiger partial charge on any atom is -0.505 e. The van der Waals surface area contributed by atoms with Crippen molar-refractivity contribution in [3.63, 3.8) is 0 Å². The number of phenols is 1. The normalized spacial score (nSPS) is 16.7. The third-order valence-electron chi connectivity index (χ3n) is 3.25. The molecule has 0 spiro atoms. The van der Waals surface area contributed by atoms with Gasteiger partial charge in [0.2, 0.25) is 0 Å². The fourth-order valence-corrected chi connectivity index (χ4v) is 2.16. The molecule has 5 heteroatoms. The van der Waals surface area contributed by atoms with Crippen molar-refractivity contribution in [2.75, 3.05) is 0 Å². The first-order valence-electron chi connectivity index (χ1n) is 6.39. The van der Waals surface area contributed by atoms with E-state index in [0.717, 1.165) is 31.7 Å². The molecule has 0 aromatic heterocycles. The third kappa shape index (κ3) is 3.77. The summed E-state index contributed by atoms with van der Waals surface area (Å²) in [5.74, 6) is -1.54. The number of phenolic OH excluding ortho intramolecular Hbond substituents is 1. The standard InChI is InChI=1S/C14H16FNO3/c15-12-8-10(6-7-13(12)17)9-16-19-14(18)11-4-2-1-3-5-11/h6-9,11,17H,1-5H2/b16-9+. The zero-order valence-electron chi connectivity index (χ0n) is 10.5. The van der Waals surface area contributed by atoms with Gasteiger partial charge in [0.05, 0.1) is 12.1 Å². The summed E-state index contributed by atoms with van der Waals surface area (Å²) in [6, 6.07) is 3.82. The van der Waals surface area contributed by atoms with Gasteiger partial charge in [-0.25, -0.2) is 9.18 Å². The summed E-state index contributed by atoms with van der Waals surface area (Å²) in [6.07, 6.45) is 6.22. The van der Waals surface area contributed by atoms with Gasteiger partial charge in [0.25, 0.3) is 0 Å². The Morgan fingerprint density at radius 3 is 2.79 bits per heavy atom. The third-order valence-corrected chi connectivity index (χ3v) is 3.25. The largest absolute Gasteiger partial charge is 0.505 e. The second kappa shape index (κ2) is 6.31. The molecule has 0 bridgehead atoms. The summed E-state index contributed by atoms with van der Waals surface area (Å²) in [4.78, 5) is 16.5. The molecule has 0 saturated heterocycles. The number of carbonyl (C=O) groups excluding carboxylic acids is 1. The van der Waals surface area contributed by atoms with E-state index in [-0.39, 0.29) is 11.9 Å². The first-order valence-corrected chi connectivity index (χ1v) is 6.39. The molecule has 19 heavy (non-hydrogen) atoms. The van der Waals surface area contributed by atoms with Crippen molar-refractivity contribution in [1.82, 2.24) is 0 Å². The molecule has 0 amide bonds. The average Bonchev–Trinajstić information content (AvgIpc) is 2.43. The van der Waals surface area contributed by atoms with Crippen LogP contribution in [0.1, 0.15) is 37.7 Å². The molecule has 0 atom stereocenters. The Morgan fingerprint density at radius 2 is 2.11 bits per heavy atom. The van der Waals surface area contributed by atoms with Gasteiger partial charge in [-0.05, 0) is 36.6 Å². The van der Waals surface area contributed by atoms with Crippen LogP contribution in [-0.4, -0.2) is 17.3 Å². The fraction of sp³-hybridized carbons (Fsp3) is 0.429. The zero-order chi connectivity index (χ0) is 13.7. The van der Waals surface area contributed by atoms with Gasteiger partial charge >= 0.3 is 5.97 Å². The van der Waals surface area contributed by atoms with Crippen LogP contribution in [0.25, 0.3) is 0 Å². The zero-order valence-corrected chi connectivity index (χ0v) is 10.5. The van der Waals surface area contributed by atoms with Crippen LogP contribution in [0.3, 0.4) is 0 Å². The molecule has 1 saturated carbocycles. The molecular weight excluding hydrogens is 249 g/mol. The number of nitrogens with zero attached hydrogens (tertiary/aromatic N) is 1. The highest BCUT2D eigenvalue weighted by atomic mass is 19.1. The number of oxime groups is 1. The van der Waals surface area contributed by atoms with Crippen molar-refractivity contribution in [3.8, 4) is 5.75 Å². The van der Waals surface area contributed by atoms with E-state index in [1.165, 1.54) is 24.8 Å². The highest BCUT2D eigenvalue weighted by molar-refractivity contribution is 5.80. The topological polar surface area (TPSA) is 58.9 Å². The van der Waals surface area contributed by atoms with E-state index in [9.17, 15) is 9.18 Å². The Labute approximate surface area is 110 Å². The number of hydrogen-bond acceptors (Lipinski definition) is 4. The summed E-state index contributed by atoms with van der Waals surface area (Å²) in [5.41, 5.74) is 0.423. The lowest BCUT2D eigenvalue weighted by Crippen LogP contribution is -2.18. The lowest BCUT2D eigenvalue weighted by Gasteiger charge is -2.17. The summed E-state index contributed by atoms with van der Waals surface area (Å²) in [7, 11) is 0. The molecule has 2 rings (SSSR count). The van der Waals surface area contributed by atoms with Crippen molar-refractivity contribution < 1.29 is 19.1 Å². The number of halogens is 1. The Balaban J connectivity index is 1.88. The maximum atomic E-state index is 13.0. The van der Waals surface area contributed by atoms with Crippen LogP contribution in [0.5, 0.6) is 5.75 Å². The van der Waals surface area contributed by atoms with Crippen molar-refractivity contribution in [2.24, 2.45) is 11.1 Å². The molecule has 0 radical (unpaired) electrons. The molecule has 0 aliphatic heterocycles. The van der Waals surface area contributed by atoms with Gasteiger partial charge in [-0.3, -0.25) is 0 Å². The number of rotatable bonds is 3. The van der Waals surface area contributed by atoms with Gasteiger partial charge in [-0.2, -0.15) is 0 Å². The van der Waals surface area contributed by atoms with E-state index in [1.807, 2.05) is 0 Å². The molecule has 1 aromatic carbocycles. The molecule has 4 nitrogen and oxygen atoms in total. The van der Waals surface area contributed by atoms with Crippen molar-refractivity contribution in [1.29, 1.82) is 0 Å². The van der Waals surface area contributed by atoms with Gasteiger partial charge < -0.3 is 9.94 Å². The van der Waals surface area contributed by atoms with E-state index in [2.05, 4.69) is 5.16 Å². The van der Waals surface area contributed by atoms with E-state index < -0.39 is 11.6 Å². The molecule has 1 fully saturated rings. The van der Waals surface area contributed by atoms with Crippen LogP contribution in [0.4, 0.5) is 4.39 Å². The van der Waals surface area contributed by atoms with Crippen molar-refractivity contribution >= 4 is 12.2 Å². The maximum absolute atomic E-state index is 13.0. The molecule has 102 valence electrons. The Kier molecular flexibility index (Phi) is 4.49. The predicted octanol–water partition coefficient (Wildman–Crippen LogP) is 2.99. The van der Waals surface area contributed by atoms with Gasteiger partial charge in [0, 0.05) is 0 Å². The molecule has 0 unspecified atom stereocenters. The minimum absolute atomic E-state index is 0.0672. The molecule has 1 aliphatic carbocycles. The van der Waals surface area contributed by atoms with Crippen LogP contribution in [0, 0.1) is 11.7 Å². The number of hydrogen-bond donors (Lipinski definition) is 1. The second-order valence-corrected chi connectivity index (χ2v) is 4.69. The van der Waals surface area contributed by atoms with Crippen LogP contribution in [-0.2, 0) is 9.63 Å². The first kappa shape index (κ1) is 13.5. The maximum Gasteiger partial charge on any atom is 0.338 e. The minimum atomic E-state index is -0.734. The molecule has 1 aromatic rings. The smallest absolute Gasteiger partial charge is 0.338 e. The Hall–Kier alpha value is -1.91. The molecular formula is C14H16FNO3. The highest BCUT2D eigenvalue weighted by Gasteiger charge is 2.22. The van der Waals surface area contributed by atoms with Crippen LogP contribution < -0.4 is 0 Å². The van der Waals surface area contributed by atoms with Crippen molar-refractivity contribution in [2.45, 2.75) is 32.1 Å². The van der Waals surface area contributed by atoms with Gasteiger partial charge in [-0.15, -0.1) is 0 Å². The summed E-state index contributed by atoms with van der Waals surface area (Å²) in [6.45, 7) is 0. The van der Waals surface area contributed by atoms with Crippen LogP contribution in [0.2, 0.25) is 0 Å². The SMILES string of the molecule is O=C(O/N=C/c1ccc(O)c(F)c1)C1CCCCC1. The van der Waals surface area contributed by atoms with Crippen LogP contribution >= 0.6 is 0 Å². The van der Waals surface area contributed by atoms with E-state index >= 15 is 0 Å². The summed E-state index contributed by atoms with van der Waals surface area (Å²) >= 11 is 0. The molecule has 1 N–H and O–H groups in total. The fourth-order valence-electron chi connectivity index (χ4n) is 2.16. The lowest BCUT2D eigenvalue weighted by molar-refractivity contribution is -0.149. The molecule has 1 aliphatic rings. The lowest BCUT2D eigenvalue weighted by atomic mass is 9.89. The molecule has 0 heterocycles.